The molecule has 0 saturated carbocycles. The number of nitrogens with zero attached hydrogens (tertiary/aromatic N) is 3. The molecule has 6 nitrogen and oxygen atoms in total. The molecule has 0 radical (unpaired) electrons. The molecule has 2 aromatic carbocycles. The highest BCUT2D eigenvalue weighted by Gasteiger charge is 2.19. The van der Waals surface area contributed by atoms with Crippen LogP contribution >= 0.6 is 0 Å². The Kier molecular flexibility index (Phi) is 4.25. The van der Waals surface area contributed by atoms with Gasteiger partial charge in [-0.25, -0.2) is 14.4 Å². The van der Waals surface area contributed by atoms with Crippen LogP contribution in [0.3, 0.4) is 0 Å². The normalized spacial score (nSPS) is 10.7. The number of halogens is 1. The smallest absolute Gasteiger partial charge is 0.263 e. The van der Waals surface area contributed by atoms with E-state index in [4.69, 9.17) is 4.74 Å². The van der Waals surface area contributed by atoms with Crippen molar-refractivity contribution in [3.8, 4) is 11.6 Å². The van der Waals surface area contributed by atoms with Crippen molar-refractivity contribution in [3.05, 3.63) is 78.2 Å². The van der Waals surface area contributed by atoms with E-state index in [-0.39, 0.29) is 17.4 Å². The molecule has 0 bridgehead atoms. The number of methoxy groups -OCH3 is 1. The Morgan fingerprint density at radius 3 is 2.67 bits per heavy atom. The predicted molar refractivity (Wildman–Crippen MR) is 99.8 cm³/mol. The van der Waals surface area contributed by atoms with E-state index in [1.165, 1.54) is 19.4 Å². The SMILES string of the molecule is COc1ncccc1C(=O)Nc1nc2ccccc2n1-c1ccccc1F. The first kappa shape index (κ1) is 16.7. The van der Waals surface area contributed by atoms with Crippen LogP contribution in [-0.4, -0.2) is 27.6 Å². The van der Waals surface area contributed by atoms with Crippen LogP contribution in [0, 0.1) is 5.82 Å². The highest BCUT2D eigenvalue weighted by Crippen LogP contribution is 2.27. The lowest BCUT2D eigenvalue weighted by Crippen LogP contribution is -2.17. The molecule has 1 N–H and O–H groups in total. The number of carbonyl (C=O) groups excluding carboxylic acids is 1. The summed E-state index contributed by atoms with van der Waals surface area (Å²) in [5, 5.41) is 2.74. The summed E-state index contributed by atoms with van der Waals surface area (Å²) in [6.45, 7) is 0. The molecular formula is C20H15FN4O2. The average Bonchev–Trinajstić information content (AvgIpc) is 3.06. The van der Waals surface area contributed by atoms with Gasteiger partial charge in [-0.15, -0.1) is 0 Å². The molecule has 0 fully saturated rings. The fourth-order valence-corrected chi connectivity index (χ4v) is 2.88. The van der Waals surface area contributed by atoms with E-state index in [1.807, 2.05) is 18.2 Å². The van der Waals surface area contributed by atoms with Gasteiger partial charge in [-0.1, -0.05) is 24.3 Å². The molecule has 0 saturated heterocycles. The number of pyridine rings is 1. The van der Waals surface area contributed by atoms with Crippen molar-refractivity contribution in [2.75, 3.05) is 12.4 Å². The summed E-state index contributed by atoms with van der Waals surface area (Å²) in [7, 11) is 1.44. The van der Waals surface area contributed by atoms with Crippen LogP contribution in [0.1, 0.15) is 10.4 Å². The number of fused-ring (bicyclic) bond motifs is 1. The van der Waals surface area contributed by atoms with Gasteiger partial charge in [0.1, 0.15) is 11.4 Å². The maximum Gasteiger partial charge on any atom is 0.263 e. The summed E-state index contributed by atoms with van der Waals surface area (Å²) in [6.07, 6.45) is 1.53. The van der Waals surface area contributed by atoms with Crippen molar-refractivity contribution in [2.45, 2.75) is 0 Å². The Labute approximate surface area is 154 Å². The number of para-hydroxylation sites is 3. The van der Waals surface area contributed by atoms with Gasteiger partial charge in [-0.2, -0.15) is 0 Å². The first-order valence-corrected chi connectivity index (χ1v) is 8.22. The van der Waals surface area contributed by atoms with Crippen LogP contribution in [0.4, 0.5) is 10.3 Å². The first-order valence-electron chi connectivity index (χ1n) is 8.22. The van der Waals surface area contributed by atoms with Crippen molar-refractivity contribution in [3.63, 3.8) is 0 Å². The summed E-state index contributed by atoms with van der Waals surface area (Å²) >= 11 is 0. The third-order valence-corrected chi connectivity index (χ3v) is 4.09. The quantitative estimate of drug-likeness (QED) is 0.599. The fraction of sp³-hybridized carbons (Fsp3) is 0.0500. The Morgan fingerprint density at radius 2 is 1.85 bits per heavy atom. The topological polar surface area (TPSA) is 69.0 Å². The molecule has 0 atom stereocenters. The molecule has 0 unspecified atom stereocenters. The number of imidazole rings is 1. The van der Waals surface area contributed by atoms with Crippen LogP contribution in [0.5, 0.6) is 5.88 Å². The van der Waals surface area contributed by atoms with Gasteiger partial charge in [0.2, 0.25) is 11.8 Å². The lowest BCUT2D eigenvalue weighted by molar-refractivity contribution is 0.102. The standard InChI is InChI=1S/C20H15FN4O2/c1-27-19-13(7-6-12-22-19)18(26)24-20-23-15-9-3-5-11-17(15)25(20)16-10-4-2-8-14(16)21/h2-12H,1H3,(H,23,24,26). The second kappa shape index (κ2) is 6.87. The maximum absolute atomic E-state index is 14.4. The van der Waals surface area contributed by atoms with E-state index in [2.05, 4.69) is 15.3 Å². The third kappa shape index (κ3) is 2.99. The molecule has 2 aromatic heterocycles. The van der Waals surface area contributed by atoms with E-state index in [0.29, 0.717) is 16.7 Å². The Balaban J connectivity index is 1.84. The van der Waals surface area contributed by atoms with Crippen LogP contribution < -0.4 is 10.1 Å². The van der Waals surface area contributed by atoms with Gasteiger partial charge < -0.3 is 4.74 Å². The Bertz CT molecular complexity index is 1140. The Morgan fingerprint density at radius 1 is 1.07 bits per heavy atom. The summed E-state index contributed by atoms with van der Waals surface area (Å²) in [4.78, 5) is 21.2. The third-order valence-electron chi connectivity index (χ3n) is 4.09. The minimum atomic E-state index is -0.451. The molecule has 0 aliphatic heterocycles. The summed E-state index contributed by atoms with van der Waals surface area (Å²) in [5.74, 6) is -0.469. The van der Waals surface area contributed by atoms with E-state index in [1.54, 1.807) is 41.0 Å². The Hall–Kier alpha value is -3.74. The molecule has 0 spiro atoms. The van der Waals surface area contributed by atoms with Crippen molar-refractivity contribution in [1.82, 2.24) is 14.5 Å². The lowest BCUT2D eigenvalue weighted by Gasteiger charge is -2.12. The van der Waals surface area contributed by atoms with Crippen molar-refractivity contribution in [2.24, 2.45) is 0 Å². The lowest BCUT2D eigenvalue weighted by atomic mass is 10.2. The van der Waals surface area contributed by atoms with Gasteiger partial charge in [0, 0.05) is 6.20 Å². The van der Waals surface area contributed by atoms with Crippen LogP contribution in [-0.2, 0) is 0 Å². The van der Waals surface area contributed by atoms with E-state index in [0.717, 1.165) is 0 Å². The summed E-state index contributed by atoms with van der Waals surface area (Å²) in [5.41, 5.74) is 1.86. The molecule has 4 aromatic rings. The second-order valence-corrected chi connectivity index (χ2v) is 5.73. The molecule has 7 heteroatoms. The number of ether oxygens (including phenoxy) is 1. The van der Waals surface area contributed by atoms with E-state index >= 15 is 0 Å². The van der Waals surface area contributed by atoms with Crippen molar-refractivity contribution in [1.29, 1.82) is 0 Å². The first-order chi connectivity index (χ1) is 13.2. The number of benzene rings is 2. The molecule has 0 aliphatic carbocycles. The van der Waals surface area contributed by atoms with Gasteiger partial charge in [0.25, 0.3) is 5.91 Å². The molecule has 0 aliphatic rings. The summed E-state index contributed by atoms with van der Waals surface area (Å²) in [6, 6.07) is 16.8. The molecular weight excluding hydrogens is 347 g/mol. The fourth-order valence-electron chi connectivity index (χ4n) is 2.88. The average molecular weight is 362 g/mol. The molecule has 2 heterocycles. The van der Waals surface area contributed by atoms with Gasteiger partial charge >= 0.3 is 0 Å². The molecule has 4 rings (SSSR count). The monoisotopic (exact) mass is 362 g/mol. The van der Waals surface area contributed by atoms with Gasteiger partial charge in [-0.05, 0) is 36.4 Å². The van der Waals surface area contributed by atoms with Crippen LogP contribution in [0.25, 0.3) is 16.7 Å². The predicted octanol–water partition coefficient (Wildman–Crippen LogP) is 3.82. The minimum Gasteiger partial charge on any atom is -0.480 e. The zero-order chi connectivity index (χ0) is 18.8. The van der Waals surface area contributed by atoms with Crippen molar-refractivity contribution < 1.29 is 13.9 Å². The number of carbonyl (C=O) groups is 1. The zero-order valence-electron chi connectivity index (χ0n) is 14.4. The van der Waals surface area contributed by atoms with Gasteiger partial charge in [-0.3, -0.25) is 14.7 Å². The number of nitrogens with one attached hydrogen (secondary N) is 1. The van der Waals surface area contributed by atoms with Gasteiger partial charge in [0.05, 0.1) is 23.8 Å². The van der Waals surface area contributed by atoms with Crippen LogP contribution in [0.2, 0.25) is 0 Å². The van der Waals surface area contributed by atoms with Crippen LogP contribution in [0.15, 0.2) is 66.9 Å². The second-order valence-electron chi connectivity index (χ2n) is 5.73. The maximum atomic E-state index is 14.4. The number of anilines is 1. The molecule has 134 valence electrons. The van der Waals surface area contributed by atoms with E-state index in [9.17, 15) is 9.18 Å². The number of aromatic nitrogens is 3. The number of amides is 1. The number of rotatable bonds is 4. The molecule has 1 amide bonds. The zero-order valence-corrected chi connectivity index (χ0v) is 14.4. The highest BCUT2D eigenvalue weighted by molar-refractivity contribution is 6.05. The molecule has 27 heavy (non-hydrogen) atoms. The van der Waals surface area contributed by atoms with E-state index < -0.39 is 11.7 Å². The van der Waals surface area contributed by atoms with Crippen molar-refractivity contribution >= 4 is 22.9 Å². The summed E-state index contributed by atoms with van der Waals surface area (Å²) < 4.78 is 21.2. The highest BCUT2D eigenvalue weighted by atomic mass is 19.1. The number of hydrogen-bond acceptors (Lipinski definition) is 4. The van der Waals surface area contributed by atoms with Gasteiger partial charge in [0.15, 0.2) is 0 Å². The largest absolute Gasteiger partial charge is 0.480 e. The minimum absolute atomic E-state index is 0.198. The number of hydrogen-bond donors (Lipinski definition) is 1.